The maximum absolute atomic E-state index is 3.55. The largest absolute Gasteiger partial charge is 0.313 e. The lowest BCUT2D eigenvalue weighted by Gasteiger charge is -2.28. The van der Waals surface area contributed by atoms with E-state index in [2.05, 4.69) is 58.3 Å². The predicted molar refractivity (Wildman–Crippen MR) is 81.0 cm³/mol. The summed E-state index contributed by atoms with van der Waals surface area (Å²) < 4.78 is 0. The summed E-state index contributed by atoms with van der Waals surface area (Å²) >= 11 is 0. The number of aryl methyl sites for hydroxylation is 1. The van der Waals surface area contributed by atoms with E-state index in [9.17, 15) is 0 Å². The third-order valence-corrected chi connectivity index (χ3v) is 4.22. The molecule has 1 nitrogen and oxygen atoms in total. The molecule has 0 aliphatic carbocycles. The summed E-state index contributed by atoms with van der Waals surface area (Å²) in [4.78, 5) is 0. The molecule has 0 aliphatic heterocycles. The van der Waals surface area contributed by atoms with E-state index in [0.717, 1.165) is 5.92 Å². The number of rotatable bonds is 7. The van der Waals surface area contributed by atoms with Gasteiger partial charge in [-0.05, 0) is 49.9 Å². The number of nitrogens with one attached hydrogen (secondary N) is 1. The smallest absolute Gasteiger partial charge is 0.0348 e. The minimum absolute atomic E-state index is 0.501. The molecule has 1 heteroatoms. The summed E-state index contributed by atoms with van der Waals surface area (Å²) in [5.74, 6) is 0.746. The van der Waals surface area contributed by atoms with E-state index >= 15 is 0 Å². The van der Waals surface area contributed by atoms with Crippen molar-refractivity contribution in [2.45, 2.75) is 59.4 Å². The molecule has 0 heterocycles. The van der Waals surface area contributed by atoms with Gasteiger partial charge in [-0.1, -0.05) is 51.3 Å². The standard InChI is InChI=1S/C17H29N/c1-6-8-11-15(7-2)17(18-5)16-12-9-10-13(3)14(16)4/h9-10,12,15,17-18H,6-8,11H2,1-5H3. The van der Waals surface area contributed by atoms with E-state index in [0.29, 0.717) is 6.04 Å². The molecule has 1 N–H and O–H groups in total. The van der Waals surface area contributed by atoms with Gasteiger partial charge in [-0.3, -0.25) is 0 Å². The van der Waals surface area contributed by atoms with Gasteiger partial charge in [-0.2, -0.15) is 0 Å². The second kappa shape index (κ2) is 7.58. The van der Waals surface area contributed by atoms with Gasteiger partial charge in [0.15, 0.2) is 0 Å². The number of unbranched alkanes of at least 4 members (excludes halogenated alkanes) is 1. The van der Waals surface area contributed by atoms with Crippen LogP contribution in [0.25, 0.3) is 0 Å². The van der Waals surface area contributed by atoms with E-state index in [1.165, 1.54) is 42.4 Å². The highest BCUT2D eigenvalue weighted by Gasteiger charge is 2.21. The van der Waals surface area contributed by atoms with Gasteiger partial charge in [0.25, 0.3) is 0 Å². The summed E-state index contributed by atoms with van der Waals surface area (Å²) in [7, 11) is 2.10. The molecule has 0 aromatic heterocycles. The van der Waals surface area contributed by atoms with E-state index in [-0.39, 0.29) is 0 Å². The van der Waals surface area contributed by atoms with E-state index in [1.54, 1.807) is 0 Å². The first-order valence-electron chi connectivity index (χ1n) is 7.39. The number of hydrogen-bond acceptors (Lipinski definition) is 1. The van der Waals surface area contributed by atoms with Crippen LogP contribution in [0.1, 0.15) is 62.3 Å². The van der Waals surface area contributed by atoms with E-state index in [1.807, 2.05) is 0 Å². The lowest BCUT2D eigenvalue weighted by atomic mass is 9.84. The first-order valence-corrected chi connectivity index (χ1v) is 7.39. The Labute approximate surface area is 113 Å². The third-order valence-electron chi connectivity index (χ3n) is 4.22. The van der Waals surface area contributed by atoms with Gasteiger partial charge in [0, 0.05) is 6.04 Å². The van der Waals surface area contributed by atoms with Gasteiger partial charge in [-0.15, -0.1) is 0 Å². The summed E-state index contributed by atoms with van der Waals surface area (Å²) in [5, 5.41) is 3.55. The van der Waals surface area contributed by atoms with Crippen molar-refractivity contribution in [2.24, 2.45) is 5.92 Å². The van der Waals surface area contributed by atoms with Crippen LogP contribution in [-0.2, 0) is 0 Å². The van der Waals surface area contributed by atoms with Crippen molar-refractivity contribution in [3.8, 4) is 0 Å². The Bertz CT molecular complexity index is 357. The third kappa shape index (κ3) is 3.58. The molecule has 1 aromatic carbocycles. The fourth-order valence-corrected chi connectivity index (χ4v) is 2.83. The quantitative estimate of drug-likeness (QED) is 0.731. The Morgan fingerprint density at radius 2 is 1.89 bits per heavy atom. The molecule has 1 aromatic rings. The Kier molecular flexibility index (Phi) is 6.42. The SMILES string of the molecule is CCCCC(CC)C(NC)c1cccc(C)c1C. The highest BCUT2D eigenvalue weighted by atomic mass is 14.9. The molecule has 0 fully saturated rings. The van der Waals surface area contributed by atoms with Crippen molar-refractivity contribution in [2.75, 3.05) is 7.05 Å². The van der Waals surface area contributed by atoms with Crippen LogP contribution in [0.3, 0.4) is 0 Å². The molecule has 0 saturated carbocycles. The molecule has 102 valence electrons. The summed E-state index contributed by atoms with van der Waals surface area (Å²) in [6.07, 6.45) is 5.20. The molecule has 0 spiro atoms. The van der Waals surface area contributed by atoms with Crippen molar-refractivity contribution in [3.05, 3.63) is 34.9 Å². The van der Waals surface area contributed by atoms with Gasteiger partial charge >= 0.3 is 0 Å². The Hall–Kier alpha value is -0.820. The summed E-state index contributed by atoms with van der Waals surface area (Å²) in [6.45, 7) is 9.05. The van der Waals surface area contributed by atoms with Gasteiger partial charge in [-0.25, -0.2) is 0 Å². The highest BCUT2D eigenvalue weighted by molar-refractivity contribution is 5.35. The molecular weight excluding hydrogens is 218 g/mol. The average Bonchev–Trinajstić information content (AvgIpc) is 2.38. The van der Waals surface area contributed by atoms with Crippen molar-refractivity contribution in [1.29, 1.82) is 0 Å². The van der Waals surface area contributed by atoms with Crippen LogP contribution < -0.4 is 5.32 Å². The van der Waals surface area contributed by atoms with Crippen LogP contribution in [-0.4, -0.2) is 7.05 Å². The molecule has 2 unspecified atom stereocenters. The average molecular weight is 247 g/mol. The van der Waals surface area contributed by atoms with Gasteiger partial charge in [0.1, 0.15) is 0 Å². The van der Waals surface area contributed by atoms with Crippen LogP contribution in [0.2, 0.25) is 0 Å². The minimum atomic E-state index is 0.501. The van der Waals surface area contributed by atoms with E-state index in [4.69, 9.17) is 0 Å². The normalized spacial score (nSPS) is 14.5. The molecule has 0 radical (unpaired) electrons. The molecule has 2 atom stereocenters. The van der Waals surface area contributed by atoms with Gasteiger partial charge < -0.3 is 5.32 Å². The minimum Gasteiger partial charge on any atom is -0.313 e. The first-order chi connectivity index (χ1) is 8.65. The molecule has 0 amide bonds. The molecule has 0 bridgehead atoms. The van der Waals surface area contributed by atoms with Crippen LogP contribution in [0.4, 0.5) is 0 Å². The molecule has 18 heavy (non-hydrogen) atoms. The van der Waals surface area contributed by atoms with Crippen LogP contribution in [0, 0.1) is 19.8 Å². The van der Waals surface area contributed by atoms with Gasteiger partial charge in [0.2, 0.25) is 0 Å². The Morgan fingerprint density at radius 3 is 2.44 bits per heavy atom. The van der Waals surface area contributed by atoms with Gasteiger partial charge in [0.05, 0.1) is 0 Å². The first kappa shape index (κ1) is 15.2. The zero-order valence-corrected chi connectivity index (χ0v) is 12.7. The fraction of sp³-hybridized carbons (Fsp3) is 0.647. The Morgan fingerprint density at radius 1 is 1.17 bits per heavy atom. The molecule has 0 aliphatic rings. The van der Waals surface area contributed by atoms with Crippen LogP contribution in [0.5, 0.6) is 0 Å². The topological polar surface area (TPSA) is 12.0 Å². The fourth-order valence-electron chi connectivity index (χ4n) is 2.83. The van der Waals surface area contributed by atoms with E-state index < -0.39 is 0 Å². The second-order valence-electron chi connectivity index (χ2n) is 5.37. The lowest BCUT2D eigenvalue weighted by molar-refractivity contribution is 0.338. The Balaban J connectivity index is 2.96. The lowest BCUT2D eigenvalue weighted by Crippen LogP contribution is -2.26. The predicted octanol–water partition coefficient (Wildman–Crippen LogP) is 4.78. The number of hydrogen-bond donors (Lipinski definition) is 1. The van der Waals surface area contributed by atoms with Crippen molar-refractivity contribution >= 4 is 0 Å². The number of benzene rings is 1. The maximum Gasteiger partial charge on any atom is 0.0348 e. The molecule has 1 rings (SSSR count). The zero-order chi connectivity index (χ0) is 13.5. The highest BCUT2D eigenvalue weighted by Crippen LogP contribution is 2.31. The van der Waals surface area contributed by atoms with Crippen molar-refractivity contribution in [3.63, 3.8) is 0 Å². The second-order valence-corrected chi connectivity index (χ2v) is 5.37. The molecule has 0 saturated heterocycles. The van der Waals surface area contributed by atoms with Crippen LogP contribution >= 0.6 is 0 Å². The summed E-state index contributed by atoms with van der Waals surface area (Å²) in [6, 6.07) is 7.19. The van der Waals surface area contributed by atoms with Crippen molar-refractivity contribution in [1.82, 2.24) is 5.32 Å². The zero-order valence-electron chi connectivity index (χ0n) is 12.7. The van der Waals surface area contributed by atoms with Crippen LogP contribution in [0.15, 0.2) is 18.2 Å². The van der Waals surface area contributed by atoms with Crippen molar-refractivity contribution < 1.29 is 0 Å². The molecular formula is C17H29N. The maximum atomic E-state index is 3.55. The summed E-state index contributed by atoms with van der Waals surface area (Å²) in [5.41, 5.74) is 4.34. The monoisotopic (exact) mass is 247 g/mol.